The zero-order valence-corrected chi connectivity index (χ0v) is 7.98. The smallest absolute Gasteiger partial charge is 0.335 e. The van der Waals surface area contributed by atoms with Gasteiger partial charge in [0.1, 0.15) is 0 Å². The van der Waals surface area contributed by atoms with Gasteiger partial charge in [0.2, 0.25) is 0 Å². The maximum atomic E-state index is 10.6. The van der Waals surface area contributed by atoms with E-state index in [0.29, 0.717) is 17.2 Å². The lowest BCUT2D eigenvalue weighted by Crippen LogP contribution is -1.97. The Bertz CT molecular complexity index is 494. The Kier molecular flexibility index (Phi) is 2.12. The fraction of sp³-hybridized carbons (Fsp3) is 0.125. The van der Waals surface area contributed by atoms with Gasteiger partial charge in [-0.2, -0.15) is 17.7 Å². The predicted molar refractivity (Wildman–Crippen MR) is 52.6 cm³/mol. The molecule has 0 aromatic carbocycles. The lowest BCUT2D eigenvalue weighted by Gasteiger charge is -1.93. The molecule has 72 valence electrons. The summed E-state index contributed by atoms with van der Waals surface area (Å²) in [5.74, 6) is 0.0446. The van der Waals surface area contributed by atoms with E-state index in [2.05, 4.69) is 22.7 Å². The first-order chi connectivity index (χ1) is 6.70. The van der Waals surface area contributed by atoms with Crippen LogP contribution in [-0.2, 0) is 5.75 Å². The molecule has 2 aromatic heterocycles. The summed E-state index contributed by atoms with van der Waals surface area (Å²) < 4.78 is 1.53. The van der Waals surface area contributed by atoms with Crippen LogP contribution in [0.2, 0.25) is 0 Å². The Morgan fingerprint density at radius 2 is 2.43 bits per heavy atom. The first-order valence-corrected chi connectivity index (χ1v) is 4.53. The first-order valence-electron chi connectivity index (χ1n) is 3.90. The number of carboxylic acids is 1. The van der Waals surface area contributed by atoms with Gasteiger partial charge in [-0.1, -0.05) is 0 Å². The molecule has 0 aliphatic heterocycles. The fourth-order valence-corrected chi connectivity index (χ4v) is 1.26. The summed E-state index contributed by atoms with van der Waals surface area (Å²) in [4.78, 5) is 14.7. The molecule has 0 aliphatic rings. The van der Waals surface area contributed by atoms with Crippen molar-refractivity contribution >= 4 is 24.2 Å². The third-order valence-electron chi connectivity index (χ3n) is 1.77. The van der Waals surface area contributed by atoms with Crippen LogP contribution in [0.4, 0.5) is 0 Å². The molecule has 6 heteroatoms. The molecule has 2 rings (SSSR count). The molecular weight excluding hydrogens is 202 g/mol. The average molecular weight is 209 g/mol. The number of hydrogen-bond donors (Lipinski definition) is 2. The third kappa shape index (κ3) is 1.44. The summed E-state index contributed by atoms with van der Waals surface area (Å²) in [5, 5.41) is 12.8. The second-order valence-electron chi connectivity index (χ2n) is 2.71. The molecular formula is C8H7N3O2S. The van der Waals surface area contributed by atoms with Crippen LogP contribution in [0, 0.1) is 0 Å². The highest BCUT2D eigenvalue weighted by molar-refractivity contribution is 7.79. The van der Waals surface area contributed by atoms with Gasteiger partial charge in [-0.15, -0.1) is 0 Å². The predicted octanol–water partition coefficient (Wildman–Crippen LogP) is 0.857. The Hall–Kier alpha value is -1.56. The summed E-state index contributed by atoms with van der Waals surface area (Å²) in [5.41, 5.74) is 0.726. The van der Waals surface area contributed by atoms with E-state index in [4.69, 9.17) is 5.11 Å². The summed E-state index contributed by atoms with van der Waals surface area (Å²) in [6.07, 6.45) is 1.57. The zero-order chi connectivity index (χ0) is 10.1. The van der Waals surface area contributed by atoms with Crippen LogP contribution in [0.5, 0.6) is 0 Å². The van der Waals surface area contributed by atoms with E-state index in [1.807, 2.05) is 0 Å². The van der Waals surface area contributed by atoms with Gasteiger partial charge < -0.3 is 5.11 Å². The molecule has 1 N–H and O–H groups in total. The molecule has 5 nitrogen and oxygen atoms in total. The highest BCUT2D eigenvalue weighted by Crippen LogP contribution is 2.06. The van der Waals surface area contributed by atoms with E-state index in [1.54, 1.807) is 6.20 Å². The number of fused-ring (bicyclic) bond motifs is 1. The first kappa shape index (κ1) is 9.01. The van der Waals surface area contributed by atoms with E-state index in [9.17, 15) is 4.79 Å². The minimum absolute atomic E-state index is 0.204. The second-order valence-corrected chi connectivity index (χ2v) is 3.03. The number of pyridine rings is 1. The monoisotopic (exact) mass is 209 g/mol. The van der Waals surface area contributed by atoms with Gasteiger partial charge in [-0.05, 0) is 12.1 Å². The Labute approximate surface area is 84.8 Å². The number of hydrogen-bond acceptors (Lipinski definition) is 4. The molecule has 0 bridgehead atoms. The number of thiol groups is 1. The fourth-order valence-electron chi connectivity index (χ4n) is 1.13. The SMILES string of the molecule is O=C(O)c1ccn2nc(CS)nc2c1. The lowest BCUT2D eigenvalue weighted by atomic mass is 10.3. The van der Waals surface area contributed by atoms with Gasteiger partial charge in [0.15, 0.2) is 11.5 Å². The zero-order valence-electron chi connectivity index (χ0n) is 7.08. The molecule has 0 saturated heterocycles. The summed E-state index contributed by atoms with van der Waals surface area (Å²) in [6, 6.07) is 2.95. The molecule has 2 aromatic rings. The van der Waals surface area contributed by atoms with Crippen LogP contribution in [-0.4, -0.2) is 25.7 Å². The van der Waals surface area contributed by atoms with Crippen molar-refractivity contribution < 1.29 is 9.90 Å². The van der Waals surface area contributed by atoms with Crippen molar-refractivity contribution in [3.8, 4) is 0 Å². The Morgan fingerprint density at radius 3 is 3.07 bits per heavy atom. The Balaban J connectivity index is 2.59. The van der Waals surface area contributed by atoms with Crippen molar-refractivity contribution in [2.75, 3.05) is 0 Å². The maximum Gasteiger partial charge on any atom is 0.335 e. The van der Waals surface area contributed by atoms with Crippen molar-refractivity contribution in [1.82, 2.24) is 14.6 Å². The van der Waals surface area contributed by atoms with Crippen LogP contribution in [0.1, 0.15) is 16.2 Å². The second kappa shape index (κ2) is 3.30. The molecule has 14 heavy (non-hydrogen) atoms. The molecule has 0 atom stereocenters. The summed E-state index contributed by atoms with van der Waals surface area (Å²) >= 11 is 4.03. The van der Waals surface area contributed by atoms with Gasteiger partial charge in [0.25, 0.3) is 0 Å². The quantitative estimate of drug-likeness (QED) is 0.720. The van der Waals surface area contributed by atoms with E-state index in [0.717, 1.165) is 0 Å². The normalized spacial score (nSPS) is 10.6. The van der Waals surface area contributed by atoms with E-state index >= 15 is 0 Å². The highest BCUT2D eigenvalue weighted by Gasteiger charge is 2.06. The largest absolute Gasteiger partial charge is 0.478 e. The molecule has 0 radical (unpaired) electrons. The number of carbonyl (C=O) groups is 1. The van der Waals surface area contributed by atoms with Crippen LogP contribution in [0.25, 0.3) is 5.65 Å². The van der Waals surface area contributed by atoms with Gasteiger partial charge in [-0.25, -0.2) is 14.3 Å². The number of rotatable bonds is 2. The van der Waals surface area contributed by atoms with E-state index in [-0.39, 0.29) is 5.56 Å². The molecule has 0 aliphatic carbocycles. The third-order valence-corrected chi connectivity index (χ3v) is 2.05. The van der Waals surface area contributed by atoms with Crippen molar-refractivity contribution in [1.29, 1.82) is 0 Å². The van der Waals surface area contributed by atoms with Crippen molar-refractivity contribution in [3.05, 3.63) is 29.7 Å². The van der Waals surface area contributed by atoms with Crippen LogP contribution in [0.15, 0.2) is 18.3 Å². The van der Waals surface area contributed by atoms with Gasteiger partial charge in [0, 0.05) is 6.20 Å². The highest BCUT2D eigenvalue weighted by atomic mass is 32.1. The van der Waals surface area contributed by atoms with Crippen molar-refractivity contribution in [2.45, 2.75) is 5.75 Å². The summed E-state index contributed by atoms with van der Waals surface area (Å²) in [7, 11) is 0. The van der Waals surface area contributed by atoms with Crippen molar-refractivity contribution in [3.63, 3.8) is 0 Å². The molecule has 2 heterocycles. The molecule has 0 amide bonds. The molecule has 0 saturated carbocycles. The van der Waals surface area contributed by atoms with E-state index < -0.39 is 5.97 Å². The molecule has 0 fully saturated rings. The minimum atomic E-state index is -0.970. The maximum absolute atomic E-state index is 10.6. The average Bonchev–Trinajstić information content (AvgIpc) is 2.58. The van der Waals surface area contributed by atoms with E-state index in [1.165, 1.54) is 16.6 Å². The van der Waals surface area contributed by atoms with Crippen LogP contribution < -0.4 is 0 Å². The van der Waals surface area contributed by atoms with Crippen LogP contribution in [0.3, 0.4) is 0 Å². The summed E-state index contributed by atoms with van der Waals surface area (Å²) in [6.45, 7) is 0. The Morgan fingerprint density at radius 1 is 1.64 bits per heavy atom. The number of carboxylic acid groups (broad SMARTS) is 1. The van der Waals surface area contributed by atoms with Gasteiger partial charge in [-0.3, -0.25) is 0 Å². The number of nitrogens with zero attached hydrogens (tertiary/aromatic N) is 3. The van der Waals surface area contributed by atoms with Gasteiger partial charge in [0.05, 0.1) is 11.3 Å². The van der Waals surface area contributed by atoms with Crippen molar-refractivity contribution in [2.24, 2.45) is 0 Å². The minimum Gasteiger partial charge on any atom is -0.478 e. The standard InChI is InChI=1S/C8H7N3O2S/c12-8(13)5-1-2-11-7(3-5)9-6(4-14)10-11/h1-3,14H,4H2,(H,12,13). The van der Waals surface area contributed by atoms with Gasteiger partial charge >= 0.3 is 5.97 Å². The molecule has 0 spiro atoms. The van der Waals surface area contributed by atoms with Crippen LogP contribution >= 0.6 is 12.6 Å². The topological polar surface area (TPSA) is 67.5 Å². The lowest BCUT2D eigenvalue weighted by molar-refractivity contribution is 0.0697. The number of aromatic nitrogens is 3. The molecule has 0 unspecified atom stereocenters. The number of aromatic carboxylic acids is 1.